The third-order valence-corrected chi connectivity index (χ3v) is 6.95. The highest BCUT2D eigenvalue weighted by Crippen LogP contribution is 2.45. The van der Waals surface area contributed by atoms with Crippen LogP contribution in [0.5, 0.6) is 0 Å². The smallest absolute Gasteiger partial charge is 0.330 e. The average molecular weight is 486 g/mol. The summed E-state index contributed by atoms with van der Waals surface area (Å²) >= 11 is 0. The van der Waals surface area contributed by atoms with Crippen molar-refractivity contribution in [2.75, 3.05) is 6.61 Å². The van der Waals surface area contributed by atoms with E-state index in [0.717, 1.165) is 11.1 Å². The van der Waals surface area contributed by atoms with Crippen LogP contribution in [0.15, 0.2) is 109 Å². The van der Waals surface area contributed by atoms with E-state index in [1.807, 2.05) is 31.5 Å². The largest absolute Gasteiger partial charge is 0.463 e. The lowest BCUT2D eigenvalue weighted by atomic mass is 9.73. The Balaban J connectivity index is 1.59. The van der Waals surface area contributed by atoms with Crippen LogP contribution in [0.25, 0.3) is 28.3 Å². The van der Waals surface area contributed by atoms with Gasteiger partial charge in [-0.05, 0) is 88.4 Å². The lowest BCUT2D eigenvalue weighted by Gasteiger charge is -2.31. The first-order valence-corrected chi connectivity index (χ1v) is 13.0. The van der Waals surface area contributed by atoms with E-state index in [0.29, 0.717) is 12.5 Å². The summed E-state index contributed by atoms with van der Waals surface area (Å²) in [6.45, 7) is 2.18. The van der Waals surface area contributed by atoms with Crippen molar-refractivity contribution in [3.05, 3.63) is 132 Å². The molecule has 0 unspecified atom stereocenters. The number of nitrogens with zero attached hydrogens (tertiary/aromatic N) is 1. The molecule has 1 saturated carbocycles. The van der Waals surface area contributed by atoms with Crippen molar-refractivity contribution in [3.63, 3.8) is 0 Å². The molecular formula is C34H31NO2. The van der Waals surface area contributed by atoms with Crippen molar-refractivity contribution in [3.8, 4) is 11.1 Å². The minimum absolute atomic E-state index is 0.321. The summed E-state index contributed by atoms with van der Waals surface area (Å²) < 4.78 is 5.01. The zero-order valence-electron chi connectivity index (χ0n) is 21.1. The van der Waals surface area contributed by atoms with Gasteiger partial charge in [-0.3, -0.25) is 4.98 Å². The highest BCUT2D eigenvalue weighted by molar-refractivity contribution is 6.00. The van der Waals surface area contributed by atoms with Gasteiger partial charge in [-0.15, -0.1) is 0 Å². The van der Waals surface area contributed by atoms with Gasteiger partial charge in [-0.1, -0.05) is 85.3 Å². The van der Waals surface area contributed by atoms with E-state index in [1.54, 1.807) is 6.08 Å². The van der Waals surface area contributed by atoms with Gasteiger partial charge in [0.1, 0.15) is 0 Å². The fraction of sp³-hybridized carbons (Fsp3) is 0.176. The number of benzene rings is 3. The topological polar surface area (TPSA) is 39.2 Å². The second-order valence-electron chi connectivity index (χ2n) is 9.30. The van der Waals surface area contributed by atoms with Crippen LogP contribution in [0.4, 0.5) is 0 Å². The van der Waals surface area contributed by atoms with E-state index in [2.05, 4.69) is 83.8 Å². The highest BCUT2D eigenvalue weighted by atomic mass is 16.5. The highest BCUT2D eigenvalue weighted by Gasteiger charge is 2.27. The molecule has 3 heteroatoms. The van der Waals surface area contributed by atoms with Crippen molar-refractivity contribution in [1.29, 1.82) is 0 Å². The second kappa shape index (κ2) is 11.7. The maximum absolute atomic E-state index is 11.7. The molecule has 0 N–H and O–H groups in total. The van der Waals surface area contributed by atoms with Gasteiger partial charge in [0.15, 0.2) is 0 Å². The van der Waals surface area contributed by atoms with E-state index in [9.17, 15) is 4.79 Å². The van der Waals surface area contributed by atoms with Crippen LogP contribution < -0.4 is 0 Å². The predicted octanol–water partition coefficient (Wildman–Crippen LogP) is 8.08. The monoisotopic (exact) mass is 485 g/mol. The molecule has 0 atom stereocenters. The Labute approximate surface area is 219 Å². The molecule has 1 aromatic heterocycles. The van der Waals surface area contributed by atoms with Crippen LogP contribution in [0, 0.1) is 5.92 Å². The molecular weight excluding hydrogens is 454 g/mol. The van der Waals surface area contributed by atoms with Gasteiger partial charge < -0.3 is 4.74 Å². The Morgan fingerprint density at radius 1 is 0.811 bits per heavy atom. The van der Waals surface area contributed by atoms with Gasteiger partial charge in [-0.2, -0.15) is 0 Å². The summed E-state index contributed by atoms with van der Waals surface area (Å²) in [4.78, 5) is 15.9. The average Bonchev–Trinajstić information content (AvgIpc) is 2.93. The fourth-order valence-corrected chi connectivity index (χ4v) is 4.87. The van der Waals surface area contributed by atoms with Gasteiger partial charge in [0.05, 0.1) is 6.61 Å². The molecule has 3 nitrogen and oxygen atoms in total. The number of carbonyl (C=O) groups is 1. The first-order chi connectivity index (χ1) is 18.2. The quantitative estimate of drug-likeness (QED) is 0.144. The van der Waals surface area contributed by atoms with Gasteiger partial charge in [0.2, 0.25) is 0 Å². The van der Waals surface area contributed by atoms with Crippen molar-refractivity contribution in [1.82, 2.24) is 4.98 Å². The summed E-state index contributed by atoms with van der Waals surface area (Å²) in [6, 6.07) is 32.2. The van der Waals surface area contributed by atoms with Gasteiger partial charge in [-0.25, -0.2) is 4.79 Å². The van der Waals surface area contributed by atoms with Crippen LogP contribution in [-0.4, -0.2) is 17.6 Å². The van der Waals surface area contributed by atoms with Gasteiger partial charge in [0, 0.05) is 18.5 Å². The van der Waals surface area contributed by atoms with Gasteiger partial charge >= 0.3 is 5.97 Å². The van der Waals surface area contributed by atoms with Crippen molar-refractivity contribution in [2.24, 2.45) is 5.92 Å². The molecule has 1 heterocycles. The van der Waals surface area contributed by atoms with E-state index in [1.165, 1.54) is 58.7 Å². The number of esters is 1. The summed E-state index contributed by atoms with van der Waals surface area (Å²) in [6.07, 6.45) is 10.6. The van der Waals surface area contributed by atoms with E-state index < -0.39 is 0 Å². The number of allylic oxidation sites excluding steroid dienone is 1. The van der Waals surface area contributed by atoms with Gasteiger partial charge in [0.25, 0.3) is 0 Å². The number of rotatable bonds is 8. The molecule has 0 bridgehead atoms. The molecule has 0 spiro atoms. The number of ether oxygens (including phenoxy) is 1. The standard InChI is InChI=1S/C34H31NO2/c1-2-37-32(36)20-13-25-11-14-30(15-12-25)34(33(29-9-6-10-29)28-7-4-3-5-8-28)31-18-16-26(17-19-31)27-21-23-35-24-22-27/h3-5,7-8,11-24,29H,2,6,9-10H2,1H3/b20-13+,34-33-. The summed E-state index contributed by atoms with van der Waals surface area (Å²) in [5.41, 5.74) is 9.66. The molecule has 4 aromatic rings. The fourth-order valence-electron chi connectivity index (χ4n) is 4.87. The number of aromatic nitrogens is 1. The van der Waals surface area contributed by atoms with Crippen molar-refractivity contribution in [2.45, 2.75) is 26.2 Å². The summed E-state index contributed by atoms with van der Waals surface area (Å²) in [7, 11) is 0. The Morgan fingerprint density at radius 2 is 1.43 bits per heavy atom. The lowest BCUT2D eigenvalue weighted by molar-refractivity contribution is -0.137. The minimum atomic E-state index is -0.321. The molecule has 1 aliphatic carbocycles. The maximum atomic E-state index is 11.7. The predicted molar refractivity (Wildman–Crippen MR) is 151 cm³/mol. The number of hydrogen-bond donors (Lipinski definition) is 0. The molecule has 1 aliphatic rings. The first kappa shape index (κ1) is 24.5. The van der Waals surface area contributed by atoms with Crippen LogP contribution in [-0.2, 0) is 9.53 Å². The molecule has 0 amide bonds. The molecule has 184 valence electrons. The minimum Gasteiger partial charge on any atom is -0.463 e. The number of pyridine rings is 1. The maximum Gasteiger partial charge on any atom is 0.330 e. The van der Waals surface area contributed by atoms with Crippen molar-refractivity contribution >= 4 is 23.2 Å². The summed E-state index contributed by atoms with van der Waals surface area (Å²) in [5, 5.41) is 0. The molecule has 37 heavy (non-hydrogen) atoms. The normalized spacial score (nSPS) is 14.2. The van der Waals surface area contributed by atoms with Crippen LogP contribution in [0.2, 0.25) is 0 Å². The third-order valence-electron chi connectivity index (χ3n) is 6.95. The van der Waals surface area contributed by atoms with E-state index in [4.69, 9.17) is 4.74 Å². The first-order valence-electron chi connectivity index (χ1n) is 13.0. The van der Waals surface area contributed by atoms with Crippen LogP contribution >= 0.6 is 0 Å². The molecule has 0 aliphatic heterocycles. The molecule has 5 rings (SSSR count). The lowest BCUT2D eigenvalue weighted by Crippen LogP contribution is -2.15. The Morgan fingerprint density at radius 3 is 2.03 bits per heavy atom. The zero-order valence-corrected chi connectivity index (χ0v) is 21.1. The van der Waals surface area contributed by atoms with Crippen molar-refractivity contribution < 1.29 is 9.53 Å². The molecule has 3 aromatic carbocycles. The molecule has 0 radical (unpaired) electrons. The van der Waals surface area contributed by atoms with E-state index in [-0.39, 0.29) is 5.97 Å². The van der Waals surface area contributed by atoms with Crippen LogP contribution in [0.3, 0.4) is 0 Å². The number of hydrogen-bond acceptors (Lipinski definition) is 3. The third kappa shape index (κ3) is 5.78. The molecule has 0 saturated heterocycles. The van der Waals surface area contributed by atoms with Crippen LogP contribution in [0.1, 0.15) is 48.4 Å². The Bertz CT molecular complexity index is 1380. The van der Waals surface area contributed by atoms with E-state index >= 15 is 0 Å². The SMILES string of the molecule is CCOC(=O)/C=C/c1ccc(/C(=C(\c2ccccc2)C2CCC2)c2ccc(-c3ccncc3)cc2)cc1. The Kier molecular flexibility index (Phi) is 7.71. The second-order valence-corrected chi connectivity index (χ2v) is 9.30. The summed E-state index contributed by atoms with van der Waals surface area (Å²) in [5.74, 6) is 0.221. The molecule has 1 fully saturated rings. The zero-order chi connectivity index (χ0) is 25.5. The Hall–Kier alpha value is -4.24. The number of carbonyl (C=O) groups excluding carboxylic acids is 1.